The quantitative estimate of drug-likeness (QED) is 0.638. The highest BCUT2D eigenvalue weighted by atomic mass is 16.5. The van der Waals surface area contributed by atoms with Crippen molar-refractivity contribution in [3.8, 4) is 5.75 Å². The van der Waals surface area contributed by atoms with Gasteiger partial charge in [0.25, 0.3) is 0 Å². The summed E-state index contributed by atoms with van der Waals surface area (Å²) in [5, 5.41) is 10.0. The molecule has 146 valence electrons. The number of urea groups is 1. The van der Waals surface area contributed by atoms with Crippen LogP contribution < -0.4 is 15.4 Å². The molecule has 0 fully saturated rings. The van der Waals surface area contributed by atoms with Crippen molar-refractivity contribution in [1.82, 2.24) is 15.1 Å². The van der Waals surface area contributed by atoms with Crippen LogP contribution in [-0.4, -0.2) is 22.4 Å². The lowest BCUT2D eigenvalue weighted by Crippen LogP contribution is -2.31. The molecule has 0 spiro atoms. The monoisotopic (exact) mass is 378 g/mol. The fourth-order valence-electron chi connectivity index (χ4n) is 3.04. The summed E-state index contributed by atoms with van der Waals surface area (Å²) in [4.78, 5) is 12.4. The summed E-state index contributed by atoms with van der Waals surface area (Å²) in [5.41, 5.74) is 4.21. The Labute approximate surface area is 165 Å². The largest absolute Gasteiger partial charge is 0.492 e. The number of hydrogen-bond acceptors (Lipinski definition) is 3. The predicted octanol–water partition coefficient (Wildman–Crippen LogP) is 4.46. The molecule has 6 heteroatoms. The van der Waals surface area contributed by atoms with E-state index in [0.717, 1.165) is 5.56 Å². The number of aromatic nitrogens is 2. The van der Waals surface area contributed by atoms with Crippen LogP contribution in [0.25, 0.3) is 0 Å². The second-order valence-electron chi connectivity index (χ2n) is 6.75. The third-order valence-corrected chi connectivity index (χ3v) is 4.70. The standard InChI is InChI=1S/C22H26N4O2/c1-16-7-4-10-21(17(16)2)18(3)24-22(27)25-19-8-5-9-20(15-19)28-14-13-26-12-6-11-23-26/h4-12,15,18H,13-14H2,1-3H3,(H2,24,25,27). The van der Waals surface area contributed by atoms with Gasteiger partial charge in [-0.05, 0) is 55.7 Å². The fraction of sp³-hybridized carbons (Fsp3) is 0.273. The fourth-order valence-corrected chi connectivity index (χ4v) is 3.04. The number of nitrogens with one attached hydrogen (secondary N) is 2. The lowest BCUT2D eigenvalue weighted by Gasteiger charge is -2.18. The van der Waals surface area contributed by atoms with Crippen LogP contribution >= 0.6 is 0 Å². The zero-order chi connectivity index (χ0) is 19.9. The van der Waals surface area contributed by atoms with Crippen LogP contribution in [0, 0.1) is 13.8 Å². The number of carbonyl (C=O) groups excluding carboxylic acids is 1. The lowest BCUT2D eigenvalue weighted by atomic mass is 9.98. The highest BCUT2D eigenvalue weighted by Gasteiger charge is 2.12. The van der Waals surface area contributed by atoms with E-state index in [0.29, 0.717) is 24.6 Å². The van der Waals surface area contributed by atoms with E-state index in [1.165, 1.54) is 11.1 Å². The van der Waals surface area contributed by atoms with Gasteiger partial charge < -0.3 is 15.4 Å². The van der Waals surface area contributed by atoms with E-state index < -0.39 is 0 Å². The number of nitrogens with zero attached hydrogens (tertiary/aromatic N) is 2. The maximum Gasteiger partial charge on any atom is 0.319 e. The molecule has 0 aliphatic carbocycles. The Hall–Kier alpha value is -3.28. The first-order chi connectivity index (χ1) is 13.5. The molecule has 2 amide bonds. The van der Waals surface area contributed by atoms with Crippen molar-refractivity contribution in [2.24, 2.45) is 0 Å². The average molecular weight is 378 g/mol. The summed E-state index contributed by atoms with van der Waals surface area (Å²) >= 11 is 0. The Bertz CT molecular complexity index is 922. The molecule has 2 N–H and O–H groups in total. The van der Waals surface area contributed by atoms with Crippen molar-refractivity contribution in [2.75, 3.05) is 11.9 Å². The van der Waals surface area contributed by atoms with E-state index in [4.69, 9.17) is 4.74 Å². The van der Waals surface area contributed by atoms with Gasteiger partial charge in [0.15, 0.2) is 0 Å². The summed E-state index contributed by atoms with van der Waals surface area (Å²) in [7, 11) is 0. The second kappa shape index (κ2) is 9.08. The number of hydrogen-bond donors (Lipinski definition) is 2. The average Bonchev–Trinajstić information content (AvgIpc) is 3.17. The number of amides is 2. The van der Waals surface area contributed by atoms with Crippen molar-refractivity contribution in [3.05, 3.63) is 77.6 Å². The minimum absolute atomic E-state index is 0.0894. The minimum Gasteiger partial charge on any atom is -0.492 e. The van der Waals surface area contributed by atoms with E-state index in [9.17, 15) is 4.79 Å². The Kier molecular flexibility index (Phi) is 6.32. The molecule has 0 aliphatic rings. The number of aryl methyl sites for hydroxylation is 1. The smallest absolute Gasteiger partial charge is 0.319 e. The molecule has 2 aromatic carbocycles. The topological polar surface area (TPSA) is 68.2 Å². The van der Waals surface area contributed by atoms with Gasteiger partial charge in [0.05, 0.1) is 12.6 Å². The van der Waals surface area contributed by atoms with Gasteiger partial charge in [0.1, 0.15) is 12.4 Å². The Morgan fingerprint density at radius 1 is 1.18 bits per heavy atom. The summed E-state index contributed by atoms with van der Waals surface area (Å²) in [6.07, 6.45) is 3.63. The van der Waals surface area contributed by atoms with Crippen LogP contribution in [0.15, 0.2) is 60.9 Å². The SMILES string of the molecule is Cc1cccc(C(C)NC(=O)Nc2cccc(OCCn3cccn3)c2)c1C. The normalized spacial score (nSPS) is 11.7. The molecule has 0 bridgehead atoms. The summed E-state index contributed by atoms with van der Waals surface area (Å²) < 4.78 is 7.56. The molecule has 1 heterocycles. The van der Waals surface area contributed by atoms with Crippen LogP contribution in [0.1, 0.15) is 29.7 Å². The van der Waals surface area contributed by atoms with Crippen molar-refractivity contribution in [1.29, 1.82) is 0 Å². The van der Waals surface area contributed by atoms with Gasteiger partial charge in [-0.1, -0.05) is 24.3 Å². The molecule has 0 saturated carbocycles. The molecule has 1 unspecified atom stereocenters. The first-order valence-electron chi connectivity index (χ1n) is 9.37. The minimum atomic E-state index is -0.248. The number of benzene rings is 2. The maximum absolute atomic E-state index is 12.4. The molecule has 28 heavy (non-hydrogen) atoms. The molecule has 3 aromatic rings. The van der Waals surface area contributed by atoms with E-state index in [2.05, 4.69) is 35.6 Å². The highest BCUT2D eigenvalue weighted by molar-refractivity contribution is 5.89. The van der Waals surface area contributed by atoms with Crippen LogP contribution in [0.3, 0.4) is 0 Å². The molecule has 0 saturated heterocycles. The second-order valence-corrected chi connectivity index (χ2v) is 6.75. The van der Waals surface area contributed by atoms with Crippen molar-refractivity contribution >= 4 is 11.7 Å². The third kappa shape index (κ3) is 5.13. The van der Waals surface area contributed by atoms with E-state index in [1.54, 1.807) is 6.20 Å². The molecular weight excluding hydrogens is 352 g/mol. The molecular formula is C22H26N4O2. The van der Waals surface area contributed by atoms with Gasteiger partial charge in [-0.2, -0.15) is 5.10 Å². The third-order valence-electron chi connectivity index (χ3n) is 4.70. The highest BCUT2D eigenvalue weighted by Crippen LogP contribution is 2.21. The molecule has 0 aliphatic heterocycles. The summed E-state index contributed by atoms with van der Waals surface area (Å²) in [6.45, 7) is 7.30. The van der Waals surface area contributed by atoms with E-state index in [1.807, 2.05) is 60.3 Å². The summed E-state index contributed by atoms with van der Waals surface area (Å²) in [6, 6.07) is 15.0. The zero-order valence-electron chi connectivity index (χ0n) is 16.5. The maximum atomic E-state index is 12.4. The number of carbonyl (C=O) groups is 1. The first-order valence-corrected chi connectivity index (χ1v) is 9.37. The van der Waals surface area contributed by atoms with Gasteiger partial charge in [0, 0.05) is 24.1 Å². The van der Waals surface area contributed by atoms with Gasteiger partial charge in [-0.15, -0.1) is 0 Å². The number of rotatable bonds is 7. The van der Waals surface area contributed by atoms with Crippen molar-refractivity contribution in [3.63, 3.8) is 0 Å². The van der Waals surface area contributed by atoms with Crippen molar-refractivity contribution < 1.29 is 9.53 Å². The number of ether oxygens (including phenoxy) is 1. The Morgan fingerprint density at radius 3 is 2.79 bits per heavy atom. The van der Waals surface area contributed by atoms with Gasteiger partial charge in [-0.25, -0.2) is 4.79 Å². The van der Waals surface area contributed by atoms with Gasteiger partial charge in [0.2, 0.25) is 0 Å². The Balaban J connectivity index is 1.54. The van der Waals surface area contributed by atoms with Gasteiger partial charge >= 0.3 is 6.03 Å². The number of anilines is 1. The molecule has 3 rings (SSSR count). The van der Waals surface area contributed by atoms with Crippen LogP contribution in [0.4, 0.5) is 10.5 Å². The van der Waals surface area contributed by atoms with E-state index in [-0.39, 0.29) is 12.1 Å². The molecule has 1 aromatic heterocycles. The zero-order valence-corrected chi connectivity index (χ0v) is 16.5. The van der Waals surface area contributed by atoms with Gasteiger partial charge in [-0.3, -0.25) is 4.68 Å². The molecule has 1 atom stereocenters. The summed E-state index contributed by atoms with van der Waals surface area (Å²) in [5.74, 6) is 0.701. The molecule has 0 radical (unpaired) electrons. The van der Waals surface area contributed by atoms with Crippen molar-refractivity contribution in [2.45, 2.75) is 33.4 Å². The van der Waals surface area contributed by atoms with Crippen LogP contribution in [0.5, 0.6) is 5.75 Å². The van der Waals surface area contributed by atoms with E-state index >= 15 is 0 Å². The lowest BCUT2D eigenvalue weighted by molar-refractivity contribution is 0.249. The molecule has 6 nitrogen and oxygen atoms in total. The predicted molar refractivity (Wildman–Crippen MR) is 111 cm³/mol. The first kappa shape index (κ1) is 19.5. The van der Waals surface area contributed by atoms with Crippen LogP contribution in [-0.2, 0) is 6.54 Å². The van der Waals surface area contributed by atoms with Crippen LogP contribution in [0.2, 0.25) is 0 Å². The Morgan fingerprint density at radius 2 is 2.00 bits per heavy atom.